The van der Waals surface area contributed by atoms with Crippen molar-refractivity contribution in [2.75, 3.05) is 19.0 Å². The van der Waals surface area contributed by atoms with E-state index >= 15 is 0 Å². The number of hydrogen-bond acceptors (Lipinski definition) is 4. The molecule has 1 rings (SSSR count). The zero-order valence-electron chi connectivity index (χ0n) is 11.1. The van der Waals surface area contributed by atoms with Crippen molar-refractivity contribution in [3.63, 3.8) is 0 Å². The minimum absolute atomic E-state index is 0.0939. The van der Waals surface area contributed by atoms with E-state index in [0.29, 0.717) is 29.6 Å². The topological polar surface area (TPSA) is 102 Å². The van der Waals surface area contributed by atoms with E-state index in [4.69, 9.17) is 15.6 Å². The third-order valence-electron chi connectivity index (χ3n) is 2.67. The third-order valence-corrected chi connectivity index (χ3v) is 3.36. The smallest absolute Gasteiger partial charge is 0.335 e. The summed E-state index contributed by atoms with van der Waals surface area (Å²) in [7, 11) is 1.58. The number of carbonyl (C=O) groups is 2. The number of nitrogens with two attached hydrogens (primary N) is 1. The Bertz CT molecular complexity index is 493. The molecule has 0 aliphatic rings. The van der Waals surface area contributed by atoms with Crippen LogP contribution in [0.1, 0.15) is 23.2 Å². The van der Waals surface area contributed by atoms with Crippen molar-refractivity contribution in [2.24, 2.45) is 5.73 Å². The molecule has 0 aliphatic carbocycles. The highest BCUT2D eigenvalue weighted by molar-refractivity contribution is 9.10. The van der Waals surface area contributed by atoms with Gasteiger partial charge >= 0.3 is 5.97 Å². The van der Waals surface area contributed by atoms with Gasteiger partial charge in [-0.15, -0.1) is 0 Å². The molecule has 0 saturated carbocycles. The first-order chi connectivity index (χ1) is 9.45. The van der Waals surface area contributed by atoms with Crippen LogP contribution in [0.5, 0.6) is 0 Å². The molecule has 1 atom stereocenters. The van der Waals surface area contributed by atoms with E-state index in [0.717, 1.165) is 0 Å². The van der Waals surface area contributed by atoms with E-state index in [1.54, 1.807) is 13.2 Å². The molecular weight excluding hydrogens is 328 g/mol. The van der Waals surface area contributed by atoms with Crippen LogP contribution >= 0.6 is 15.9 Å². The van der Waals surface area contributed by atoms with E-state index in [2.05, 4.69) is 21.2 Å². The van der Waals surface area contributed by atoms with Gasteiger partial charge in [0.15, 0.2) is 0 Å². The highest BCUT2D eigenvalue weighted by Gasteiger charge is 2.15. The van der Waals surface area contributed by atoms with Crippen LogP contribution in [0.3, 0.4) is 0 Å². The number of amides is 1. The summed E-state index contributed by atoms with van der Waals surface area (Å²) in [5, 5.41) is 11.5. The molecule has 7 heteroatoms. The second-order valence-corrected chi connectivity index (χ2v) is 5.08. The van der Waals surface area contributed by atoms with Crippen molar-refractivity contribution in [1.82, 2.24) is 0 Å². The highest BCUT2D eigenvalue weighted by Crippen LogP contribution is 2.24. The van der Waals surface area contributed by atoms with Gasteiger partial charge in [0.1, 0.15) is 0 Å². The van der Waals surface area contributed by atoms with Crippen molar-refractivity contribution in [3.05, 3.63) is 28.2 Å². The number of ether oxygens (including phenoxy) is 1. The fourth-order valence-electron chi connectivity index (χ4n) is 1.56. The Morgan fingerprint density at radius 3 is 2.80 bits per heavy atom. The molecule has 0 aromatic heterocycles. The first-order valence-electron chi connectivity index (χ1n) is 6.04. The molecule has 1 amide bonds. The maximum absolute atomic E-state index is 11.9. The van der Waals surface area contributed by atoms with Gasteiger partial charge in [0.2, 0.25) is 5.91 Å². The SMILES string of the molecule is COCCCC(N)C(=O)Nc1cc(C(=O)O)ccc1Br. The van der Waals surface area contributed by atoms with Crippen LogP contribution < -0.4 is 11.1 Å². The number of halogens is 1. The molecule has 6 nitrogen and oxygen atoms in total. The predicted octanol–water partition coefficient (Wildman–Crippen LogP) is 1.84. The minimum atomic E-state index is -1.06. The van der Waals surface area contributed by atoms with E-state index in [-0.39, 0.29) is 11.5 Å². The number of hydrogen-bond donors (Lipinski definition) is 3. The van der Waals surface area contributed by atoms with Crippen molar-refractivity contribution in [3.8, 4) is 0 Å². The second kappa shape index (κ2) is 7.98. The molecule has 4 N–H and O–H groups in total. The average Bonchev–Trinajstić information content (AvgIpc) is 2.41. The monoisotopic (exact) mass is 344 g/mol. The lowest BCUT2D eigenvalue weighted by atomic mass is 10.1. The van der Waals surface area contributed by atoms with Crippen molar-refractivity contribution in [2.45, 2.75) is 18.9 Å². The summed E-state index contributed by atoms with van der Waals surface area (Å²) in [5.41, 5.74) is 6.23. The van der Waals surface area contributed by atoms with Gasteiger partial charge in [0, 0.05) is 18.2 Å². The fraction of sp³-hybridized carbons (Fsp3) is 0.385. The number of carbonyl (C=O) groups excluding carboxylic acids is 1. The van der Waals surface area contributed by atoms with Gasteiger partial charge in [0.25, 0.3) is 0 Å². The molecule has 1 aromatic carbocycles. The molecule has 0 heterocycles. The van der Waals surface area contributed by atoms with Crippen LogP contribution in [0.15, 0.2) is 22.7 Å². The number of aromatic carboxylic acids is 1. The quantitative estimate of drug-likeness (QED) is 0.655. The van der Waals surface area contributed by atoms with Gasteiger partial charge in [-0.2, -0.15) is 0 Å². The highest BCUT2D eigenvalue weighted by atomic mass is 79.9. The summed E-state index contributed by atoms with van der Waals surface area (Å²) in [4.78, 5) is 22.8. The molecule has 110 valence electrons. The minimum Gasteiger partial charge on any atom is -0.478 e. The maximum Gasteiger partial charge on any atom is 0.335 e. The zero-order valence-corrected chi connectivity index (χ0v) is 12.6. The number of nitrogens with one attached hydrogen (secondary N) is 1. The Morgan fingerprint density at radius 2 is 2.20 bits per heavy atom. The molecule has 1 aromatic rings. The van der Waals surface area contributed by atoms with E-state index in [1.807, 2.05) is 0 Å². The number of anilines is 1. The Hall–Kier alpha value is -1.44. The van der Waals surface area contributed by atoms with Gasteiger partial charge in [-0.25, -0.2) is 4.79 Å². The van der Waals surface area contributed by atoms with E-state index < -0.39 is 12.0 Å². The standard InChI is InChI=1S/C13H17BrN2O4/c1-20-6-2-3-10(15)12(17)16-11-7-8(13(18)19)4-5-9(11)14/h4-5,7,10H,2-3,6,15H2,1H3,(H,16,17)(H,18,19). The summed E-state index contributed by atoms with van der Waals surface area (Å²) < 4.78 is 5.49. The first kappa shape index (κ1) is 16.6. The van der Waals surface area contributed by atoms with E-state index in [1.165, 1.54) is 12.1 Å². The number of rotatable bonds is 7. The van der Waals surface area contributed by atoms with Crippen LogP contribution in [0.2, 0.25) is 0 Å². The summed E-state index contributed by atoms with van der Waals surface area (Å²) in [6.07, 6.45) is 1.18. The molecule has 0 aliphatic heterocycles. The molecule has 1 unspecified atom stereocenters. The lowest BCUT2D eigenvalue weighted by Gasteiger charge is -2.13. The maximum atomic E-state index is 11.9. The molecule has 0 spiro atoms. The van der Waals surface area contributed by atoms with E-state index in [9.17, 15) is 9.59 Å². The van der Waals surface area contributed by atoms with Gasteiger partial charge in [-0.1, -0.05) is 0 Å². The number of carboxylic acid groups (broad SMARTS) is 1. The Kier molecular flexibility index (Phi) is 6.63. The fourth-order valence-corrected chi connectivity index (χ4v) is 1.90. The molecule has 20 heavy (non-hydrogen) atoms. The van der Waals surface area contributed by atoms with Crippen LogP contribution in [0, 0.1) is 0 Å². The van der Waals surface area contributed by atoms with Crippen molar-refractivity contribution >= 4 is 33.5 Å². The van der Waals surface area contributed by atoms with Crippen molar-refractivity contribution < 1.29 is 19.4 Å². The van der Waals surface area contributed by atoms with Crippen molar-refractivity contribution in [1.29, 1.82) is 0 Å². The lowest BCUT2D eigenvalue weighted by molar-refractivity contribution is -0.117. The second-order valence-electron chi connectivity index (χ2n) is 4.23. The zero-order chi connectivity index (χ0) is 15.1. The Balaban J connectivity index is 2.69. The Morgan fingerprint density at radius 1 is 1.50 bits per heavy atom. The van der Waals surface area contributed by atoms with Crippen LogP contribution in [-0.2, 0) is 9.53 Å². The number of carboxylic acids is 1. The molecule has 0 radical (unpaired) electrons. The van der Waals surface area contributed by atoms with Gasteiger partial charge in [-0.3, -0.25) is 4.79 Å². The normalized spacial score (nSPS) is 11.9. The molecular formula is C13H17BrN2O4. The first-order valence-corrected chi connectivity index (χ1v) is 6.83. The predicted molar refractivity (Wildman–Crippen MR) is 78.8 cm³/mol. The summed E-state index contributed by atoms with van der Waals surface area (Å²) >= 11 is 3.25. The number of methoxy groups -OCH3 is 1. The van der Waals surface area contributed by atoms with Crippen LogP contribution in [-0.4, -0.2) is 36.7 Å². The third kappa shape index (κ3) is 4.92. The average molecular weight is 345 g/mol. The summed E-state index contributed by atoms with van der Waals surface area (Å²) in [6.45, 7) is 0.541. The van der Waals surface area contributed by atoms with Gasteiger partial charge in [-0.05, 0) is 47.0 Å². The van der Waals surface area contributed by atoms with Gasteiger partial charge < -0.3 is 20.9 Å². The summed E-state index contributed by atoms with van der Waals surface area (Å²) in [5.74, 6) is -1.42. The lowest BCUT2D eigenvalue weighted by Crippen LogP contribution is -2.35. The molecule has 0 saturated heterocycles. The van der Waals surface area contributed by atoms with Crippen LogP contribution in [0.4, 0.5) is 5.69 Å². The molecule has 0 bridgehead atoms. The van der Waals surface area contributed by atoms with Gasteiger partial charge in [0.05, 0.1) is 17.3 Å². The van der Waals surface area contributed by atoms with Crippen LogP contribution in [0.25, 0.3) is 0 Å². The summed E-state index contributed by atoms with van der Waals surface area (Å²) in [6, 6.07) is 3.73. The molecule has 0 fully saturated rings. The largest absolute Gasteiger partial charge is 0.478 e. The Labute approximate surface area is 125 Å². The number of benzene rings is 1.